The van der Waals surface area contributed by atoms with Crippen molar-refractivity contribution in [2.24, 2.45) is 5.73 Å². The van der Waals surface area contributed by atoms with Crippen molar-refractivity contribution in [1.82, 2.24) is 0 Å². The van der Waals surface area contributed by atoms with E-state index in [4.69, 9.17) is 5.73 Å². The molecule has 2 N–H and O–H groups in total. The maximum absolute atomic E-state index is 14.0. The molecule has 0 amide bonds. The topological polar surface area (TPSA) is 53.0 Å². The van der Waals surface area contributed by atoms with Crippen molar-refractivity contribution < 1.29 is 4.39 Å². The maximum Gasteiger partial charge on any atom is 0.128 e. The van der Waals surface area contributed by atoms with Gasteiger partial charge in [0.2, 0.25) is 0 Å². The highest BCUT2D eigenvalue weighted by Gasteiger charge is 2.27. The number of hydrogen-bond donors (Lipinski definition) is 1. The molecule has 0 bridgehead atoms. The highest BCUT2D eigenvalue weighted by molar-refractivity contribution is 5.61. The third-order valence-corrected chi connectivity index (χ3v) is 4.10. The number of nitrogens with two attached hydrogens (primary N) is 1. The molecule has 0 aromatic heterocycles. The minimum absolute atomic E-state index is 0.103. The predicted octanol–water partition coefficient (Wildman–Crippen LogP) is 3.14. The van der Waals surface area contributed by atoms with Crippen molar-refractivity contribution in [3.8, 4) is 6.07 Å². The van der Waals surface area contributed by atoms with Gasteiger partial charge in [0.25, 0.3) is 0 Å². The van der Waals surface area contributed by atoms with Gasteiger partial charge in [0.15, 0.2) is 0 Å². The van der Waals surface area contributed by atoms with Crippen molar-refractivity contribution in [2.75, 3.05) is 18.0 Å². The Morgan fingerprint density at radius 1 is 1.35 bits per heavy atom. The van der Waals surface area contributed by atoms with E-state index in [9.17, 15) is 9.65 Å². The number of benzene rings is 1. The van der Waals surface area contributed by atoms with Gasteiger partial charge in [-0.05, 0) is 43.4 Å². The van der Waals surface area contributed by atoms with Crippen LogP contribution in [0.4, 0.5) is 10.1 Å². The normalized spacial score (nSPS) is 18.1. The minimum atomic E-state index is -0.291. The van der Waals surface area contributed by atoms with Crippen LogP contribution >= 0.6 is 0 Å². The highest BCUT2D eigenvalue weighted by atomic mass is 19.1. The SMILES string of the molecule is CC(C)c1cc(N2CCC(C)(N)CC2)c(C#N)cc1F. The number of hydrogen-bond acceptors (Lipinski definition) is 3. The molecule has 1 aromatic carbocycles. The molecule has 1 aromatic rings. The summed E-state index contributed by atoms with van der Waals surface area (Å²) in [5.41, 5.74) is 7.92. The third-order valence-electron chi connectivity index (χ3n) is 4.10. The van der Waals surface area contributed by atoms with Gasteiger partial charge in [0, 0.05) is 18.6 Å². The van der Waals surface area contributed by atoms with Crippen LogP contribution < -0.4 is 10.6 Å². The Morgan fingerprint density at radius 3 is 2.45 bits per heavy atom. The summed E-state index contributed by atoms with van der Waals surface area (Å²) in [6.07, 6.45) is 1.76. The second-order valence-corrected chi connectivity index (χ2v) is 6.30. The van der Waals surface area contributed by atoms with Crippen molar-refractivity contribution >= 4 is 5.69 Å². The van der Waals surface area contributed by atoms with Crippen LogP contribution in [-0.2, 0) is 0 Å². The molecular weight excluding hydrogens is 253 g/mol. The molecular formula is C16H22FN3. The molecule has 0 atom stereocenters. The van der Waals surface area contributed by atoms with E-state index >= 15 is 0 Å². The van der Waals surface area contributed by atoms with Crippen LogP contribution in [0.5, 0.6) is 0 Å². The Kier molecular flexibility index (Phi) is 4.01. The van der Waals surface area contributed by atoms with E-state index < -0.39 is 0 Å². The molecule has 3 nitrogen and oxygen atoms in total. The summed E-state index contributed by atoms with van der Waals surface area (Å²) in [7, 11) is 0. The van der Waals surface area contributed by atoms with Crippen molar-refractivity contribution in [3.05, 3.63) is 29.1 Å². The van der Waals surface area contributed by atoms with Crippen molar-refractivity contribution in [1.29, 1.82) is 5.26 Å². The van der Waals surface area contributed by atoms with Gasteiger partial charge in [-0.25, -0.2) is 4.39 Å². The van der Waals surface area contributed by atoms with Gasteiger partial charge < -0.3 is 10.6 Å². The largest absolute Gasteiger partial charge is 0.370 e. The number of nitrogens with zero attached hydrogens (tertiary/aromatic N) is 2. The first-order valence-electron chi connectivity index (χ1n) is 7.11. The molecule has 0 radical (unpaired) electrons. The van der Waals surface area contributed by atoms with Gasteiger partial charge in [-0.2, -0.15) is 5.26 Å². The maximum atomic E-state index is 14.0. The first-order valence-corrected chi connectivity index (χ1v) is 7.11. The van der Waals surface area contributed by atoms with E-state index in [1.54, 1.807) is 0 Å². The highest BCUT2D eigenvalue weighted by Crippen LogP contribution is 2.31. The van der Waals surface area contributed by atoms with Crippen LogP contribution in [0.15, 0.2) is 12.1 Å². The zero-order valence-electron chi connectivity index (χ0n) is 12.4. The summed E-state index contributed by atoms with van der Waals surface area (Å²) in [6, 6.07) is 5.30. The van der Waals surface area contributed by atoms with Gasteiger partial charge >= 0.3 is 0 Å². The first kappa shape index (κ1) is 14.8. The molecule has 2 rings (SSSR count). The summed E-state index contributed by atoms with van der Waals surface area (Å²) in [5, 5.41) is 9.24. The van der Waals surface area contributed by atoms with Crippen molar-refractivity contribution in [3.63, 3.8) is 0 Å². The van der Waals surface area contributed by atoms with Gasteiger partial charge in [0.1, 0.15) is 11.9 Å². The fourth-order valence-corrected chi connectivity index (χ4v) is 2.63. The molecule has 0 aliphatic carbocycles. The lowest BCUT2D eigenvalue weighted by Crippen LogP contribution is -2.48. The molecule has 1 aliphatic rings. The monoisotopic (exact) mass is 275 g/mol. The van der Waals surface area contributed by atoms with Gasteiger partial charge in [0.05, 0.1) is 11.3 Å². The van der Waals surface area contributed by atoms with Crippen LogP contribution in [0.3, 0.4) is 0 Å². The van der Waals surface area contributed by atoms with E-state index in [0.29, 0.717) is 11.1 Å². The van der Waals surface area contributed by atoms with E-state index in [1.165, 1.54) is 6.07 Å². The fourth-order valence-electron chi connectivity index (χ4n) is 2.63. The number of nitriles is 1. The summed E-state index contributed by atoms with van der Waals surface area (Å²) in [5.74, 6) is -0.188. The minimum Gasteiger partial charge on any atom is -0.370 e. The number of halogens is 1. The molecule has 0 unspecified atom stereocenters. The Labute approximate surface area is 120 Å². The molecule has 108 valence electrons. The molecule has 1 fully saturated rings. The Balaban J connectivity index is 2.36. The zero-order valence-corrected chi connectivity index (χ0v) is 12.4. The fraction of sp³-hybridized carbons (Fsp3) is 0.562. The Hall–Kier alpha value is -1.60. The summed E-state index contributed by atoms with van der Waals surface area (Å²) in [6.45, 7) is 7.60. The van der Waals surface area contributed by atoms with Crippen LogP contribution in [-0.4, -0.2) is 18.6 Å². The van der Waals surface area contributed by atoms with Crippen LogP contribution in [0.2, 0.25) is 0 Å². The lowest BCUT2D eigenvalue weighted by molar-refractivity contribution is 0.364. The van der Waals surface area contributed by atoms with Crippen molar-refractivity contribution in [2.45, 2.75) is 45.1 Å². The number of piperidine rings is 1. The first-order chi connectivity index (χ1) is 9.34. The average molecular weight is 275 g/mol. The van der Waals surface area contributed by atoms with Gasteiger partial charge in [-0.1, -0.05) is 13.8 Å². The smallest absolute Gasteiger partial charge is 0.128 e. The van der Waals surface area contributed by atoms with Gasteiger partial charge in [-0.3, -0.25) is 0 Å². The lowest BCUT2D eigenvalue weighted by atomic mass is 9.90. The van der Waals surface area contributed by atoms with Crippen LogP contribution in [0.25, 0.3) is 0 Å². The molecule has 1 aliphatic heterocycles. The average Bonchev–Trinajstić information content (AvgIpc) is 2.38. The molecule has 4 heteroatoms. The molecule has 0 saturated carbocycles. The van der Waals surface area contributed by atoms with Crippen LogP contribution in [0.1, 0.15) is 50.7 Å². The molecule has 0 spiro atoms. The van der Waals surface area contributed by atoms with E-state index in [1.807, 2.05) is 19.9 Å². The predicted molar refractivity (Wildman–Crippen MR) is 79.2 cm³/mol. The summed E-state index contributed by atoms with van der Waals surface area (Å²) in [4.78, 5) is 2.15. The van der Waals surface area contributed by atoms with E-state index in [2.05, 4.69) is 17.9 Å². The van der Waals surface area contributed by atoms with E-state index in [0.717, 1.165) is 31.6 Å². The summed E-state index contributed by atoms with van der Waals surface area (Å²) >= 11 is 0. The van der Waals surface area contributed by atoms with Crippen LogP contribution in [0, 0.1) is 17.1 Å². The third kappa shape index (κ3) is 2.94. The molecule has 1 heterocycles. The zero-order chi connectivity index (χ0) is 14.9. The Bertz CT molecular complexity index is 533. The second-order valence-electron chi connectivity index (χ2n) is 6.30. The Morgan fingerprint density at radius 2 is 1.95 bits per heavy atom. The molecule has 20 heavy (non-hydrogen) atoms. The van der Waals surface area contributed by atoms with Gasteiger partial charge in [-0.15, -0.1) is 0 Å². The number of rotatable bonds is 2. The summed E-state index contributed by atoms with van der Waals surface area (Å²) < 4.78 is 14.0. The second kappa shape index (κ2) is 5.41. The van der Waals surface area contributed by atoms with E-state index in [-0.39, 0.29) is 17.3 Å². The quantitative estimate of drug-likeness (QED) is 0.902. The molecule has 1 saturated heterocycles. The number of anilines is 1. The standard InChI is InChI=1S/C16H22FN3/c1-11(2)13-9-15(12(10-18)8-14(13)17)20-6-4-16(3,19)5-7-20/h8-9,11H,4-7,19H2,1-3H3. The lowest BCUT2D eigenvalue weighted by Gasteiger charge is -2.38.